The lowest BCUT2D eigenvalue weighted by Gasteiger charge is -2.16. The highest BCUT2D eigenvalue weighted by Crippen LogP contribution is 2.02. The molecule has 0 atom stereocenters. The molecule has 0 radical (unpaired) electrons. The van der Waals surface area contributed by atoms with Gasteiger partial charge in [0.15, 0.2) is 0 Å². The Hall–Kier alpha value is -1.42. The third kappa shape index (κ3) is 5.45. The molecule has 0 spiro atoms. The summed E-state index contributed by atoms with van der Waals surface area (Å²) in [6.07, 6.45) is 3.05. The monoisotopic (exact) mass is 236 g/mol. The van der Waals surface area contributed by atoms with Crippen molar-refractivity contribution in [1.82, 2.24) is 9.88 Å². The molecule has 4 heteroatoms. The van der Waals surface area contributed by atoms with Crippen molar-refractivity contribution in [2.75, 3.05) is 20.3 Å². The summed E-state index contributed by atoms with van der Waals surface area (Å²) < 4.78 is 5.20. The molecule has 1 amide bonds. The molecule has 0 aromatic carbocycles. The van der Waals surface area contributed by atoms with Gasteiger partial charge in [0.25, 0.3) is 0 Å². The van der Waals surface area contributed by atoms with Gasteiger partial charge in [0.1, 0.15) is 0 Å². The Morgan fingerprint density at radius 3 is 2.94 bits per heavy atom. The van der Waals surface area contributed by atoms with E-state index in [-0.39, 0.29) is 5.91 Å². The molecule has 4 nitrogen and oxygen atoms in total. The van der Waals surface area contributed by atoms with Crippen molar-refractivity contribution in [2.24, 2.45) is 0 Å². The third-order valence-corrected chi connectivity index (χ3v) is 2.43. The van der Waals surface area contributed by atoms with E-state index in [9.17, 15) is 4.79 Å². The van der Waals surface area contributed by atoms with Gasteiger partial charge in [-0.15, -0.1) is 0 Å². The molecule has 0 fully saturated rings. The highest BCUT2D eigenvalue weighted by molar-refractivity contribution is 5.75. The second-order valence-corrected chi connectivity index (χ2v) is 3.87. The predicted octanol–water partition coefficient (Wildman–Crippen LogP) is 1.86. The van der Waals surface area contributed by atoms with Crippen LogP contribution in [0.4, 0.5) is 0 Å². The summed E-state index contributed by atoms with van der Waals surface area (Å²) in [5.74, 6) is 0.135. The van der Waals surface area contributed by atoms with Crippen molar-refractivity contribution in [3.8, 4) is 0 Å². The van der Waals surface area contributed by atoms with Crippen molar-refractivity contribution in [1.29, 1.82) is 0 Å². The summed E-state index contributed by atoms with van der Waals surface area (Å²) >= 11 is 0. The Morgan fingerprint density at radius 2 is 2.29 bits per heavy atom. The van der Waals surface area contributed by atoms with Crippen molar-refractivity contribution in [2.45, 2.75) is 26.3 Å². The Kier molecular flexibility index (Phi) is 6.25. The average Bonchev–Trinajstić information content (AvgIpc) is 2.35. The van der Waals surface area contributed by atoms with Crippen LogP contribution >= 0.6 is 0 Å². The van der Waals surface area contributed by atoms with E-state index in [1.54, 1.807) is 18.1 Å². The second kappa shape index (κ2) is 7.79. The fraction of sp³-hybridized carbons (Fsp3) is 0.538. The summed E-state index contributed by atoms with van der Waals surface area (Å²) in [5.41, 5.74) is 0.910. The van der Waals surface area contributed by atoms with Crippen LogP contribution in [0.2, 0.25) is 0 Å². The maximum Gasteiger partial charge on any atom is 0.222 e. The molecule has 0 aliphatic heterocycles. The lowest BCUT2D eigenvalue weighted by atomic mass is 10.2. The highest BCUT2D eigenvalue weighted by atomic mass is 16.5. The Bertz CT molecular complexity index is 327. The Balaban J connectivity index is 2.27. The summed E-state index contributed by atoms with van der Waals surface area (Å²) in [4.78, 5) is 17.6. The van der Waals surface area contributed by atoms with Gasteiger partial charge in [-0.2, -0.15) is 0 Å². The van der Waals surface area contributed by atoms with Crippen LogP contribution in [0.25, 0.3) is 0 Å². The molecule has 0 aliphatic rings. The van der Waals surface area contributed by atoms with Crippen molar-refractivity contribution >= 4 is 5.91 Å². The molecule has 0 unspecified atom stereocenters. The van der Waals surface area contributed by atoms with Gasteiger partial charge in [-0.1, -0.05) is 6.07 Å². The van der Waals surface area contributed by atoms with Gasteiger partial charge in [-0.05, 0) is 25.5 Å². The minimum atomic E-state index is 0.135. The zero-order valence-corrected chi connectivity index (χ0v) is 10.6. The first-order chi connectivity index (χ1) is 8.24. The van der Waals surface area contributed by atoms with Gasteiger partial charge >= 0.3 is 0 Å². The first-order valence-electron chi connectivity index (χ1n) is 5.95. The second-order valence-electron chi connectivity index (χ2n) is 3.87. The normalized spacial score (nSPS) is 10.2. The number of hydrogen-bond acceptors (Lipinski definition) is 3. The standard InChI is InChI=1S/C13H20N2O2/c1-3-17-10-6-8-13(16)15(2)11-12-7-4-5-9-14-12/h4-5,7,9H,3,6,8,10-11H2,1-2H3. The van der Waals surface area contributed by atoms with E-state index in [0.717, 1.165) is 12.1 Å². The SMILES string of the molecule is CCOCCCC(=O)N(C)Cc1ccccn1. The molecular formula is C13H20N2O2. The molecule has 1 aromatic heterocycles. The largest absolute Gasteiger partial charge is 0.382 e. The van der Waals surface area contributed by atoms with Crippen LogP contribution in [0, 0.1) is 0 Å². The third-order valence-electron chi connectivity index (χ3n) is 2.43. The Labute approximate surface area is 103 Å². The number of ether oxygens (including phenoxy) is 1. The maximum atomic E-state index is 11.8. The minimum absolute atomic E-state index is 0.135. The van der Waals surface area contributed by atoms with E-state index in [2.05, 4.69) is 4.98 Å². The fourth-order valence-electron chi connectivity index (χ4n) is 1.48. The summed E-state index contributed by atoms with van der Waals surface area (Å²) in [7, 11) is 1.80. The average molecular weight is 236 g/mol. The number of hydrogen-bond donors (Lipinski definition) is 0. The molecule has 17 heavy (non-hydrogen) atoms. The lowest BCUT2D eigenvalue weighted by Crippen LogP contribution is -2.26. The summed E-state index contributed by atoms with van der Waals surface area (Å²) in [5, 5.41) is 0. The van der Waals surface area contributed by atoms with E-state index < -0.39 is 0 Å². The minimum Gasteiger partial charge on any atom is -0.382 e. The predicted molar refractivity (Wildman–Crippen MR) is 66.4 cm³/mol. The summed E-state index contributed by atoms with van der Waals surface area (Å²) in [6.45, 7) is 3.88. The van der Waals surface area contributed by atoms with Gasteiger partial charge in [-0.3, -0.25) is 9.78 Å². The van der Waals surface area contributed by atoms with Gasteiger partial charge in [0.05, 0.1) is 12.2 Å². The van der Waals surface area contributed by atoms with Crippen molar-refractivity contribution in [3.63, 3.8) is 0 Å². The Morgan fingerprint density at radius 1 is 1.47 bits per heavy atom. The first kappa shape index (κ1) is 13.6. The van der Waals surface area contributed by atoms with E-state index in [1.165, 1.54) is 0 Å². The van der Waals surface area contributed by atoms with Crippen molar-refractivity contribution < 1.29 is 9.53 Å². The van der Waals surface area contributed by atoms with E-state index >= 15 is 0 Å². The molecular weight excluding hydrogens is 216 g/mol. The lowest BCUT2D eigenvalue weighted by molar-refractivity contribution is -0.130. The number of pyridine rings is 1. The number of carbonyl (C=O) groups is 1. The smallest absolute Gasteiger partial charge is 0.222 e. The summed E-state index contributed by atoms with van der Waals surface area (Å²) in [6, 6.07) is 5.72. The molecule has 1 aromatic rings. The number of aromatic nitrogens is 1. The van der Waals surface area contributed by atoms with Crippen LogP contribution in [0.15, 0.2) is 24.4 Å². The van der Waals surface area contributed by atoms with E-state index in [1.807, 2.05) is 25.1 Å². The number of rotatable bonds is 7. The molecule has 0 N–H and O–H groups in total. The van der Waals surface area contributed by atoms with Crippen LogP contribution in [-0.4, -0.2) is 36.1 Å². The molecule has 0 saturated heterocycles. The van der Waals surface area contributed by atoms with Crippen LogP contribution in [0.5, 0.6) is 0 Å². The molecule has 94 valence electrons. The fourth-order valence-corrected chi connectivity index (χ4v) is 1.48. The first-order valence-corrected chi connectivity index (χ1v) is 5.95. The molecule has 0 aliphatic carbocycles. The van der Waals surface area contributed by atoms with Gasteiger partial charge < -0.3 is 9.64 Å². The van der Waals surface area contributed by atoms with E-state index in [0.29, 0.717) is 26.2 Å². The van der Waals surface area contributed by atoms with E-state index in [4.69, 9.17) is 4.74 Å². The topological polar surface area (TPSA) is 42.4 Å². The van der Waals surface area contributed by atoms with Gasteiger partial charge in [-0.25, -0.2) is 0 Å². The van der Waals surface area contributed by atoms with Crippen LogP contribution in [0.1, 0.15) is 25.5 Å². The molecule has 0 saturated carbocycles. The van der Waals surface area contributed by atoms with Gasteiger partial charge in [0.2, 0.25) is 5.91 Å². The number of nitrogens with zero attached hydrogens (tertiary/aromatic N) is 2. The zero-order chi connectivity index (χ0) is 12.5. The van der Waals surface area contributed by atoms with Crippen LogP contribution in [-0.2, 0) is 16.1 Å². The van der Waals surface area contributed by atoms with Crippen LogP contribution in [0.3, 0.4) is 0 Å². The number of amides is 1. The highest BCUT2D eigenvalue weighted by Gasteiger charge is 2.08. The quantitative estimate of drug-likeness (QED) is 0.679. The molecule has 0 bridgehead atoms. The maximum absolute atomic E-state index is 11.8. The van der Waals surface area contributed by atoms with Crippen LogP contribution < -0.4 is 0 Å². The van der Waals surface area contributed by atoms with Crippen molar-refractivity contribution in [3.05, 3.63) is 30.1 Å². The number of carbonyl (C=O) groups excluding carboxylic acids is 1. The zero-order valence-electron chi connectivity index (χ0n) is 10.6. The molecule has 1 rings (SSSR count). The van der Waals surface area contributed by atoms with Gasteiger partial charge in [0, 0.05) is 32.9 Å². The molecule has 1 heterocycles.